The summed E-state index contributed by atoms with van der Waals surface area (Å²) in [6, 6.07) is 5.88. The Balaban J connectivity index is 1.71. The van der Waals surface area contributed by atoms with Gasteiger partial charge in [0.25, 0.3) is 5.91 Å². The molecule has 1 aliphatic heterocycles. The number of amides is 2. The summed E-state index contributed by atoms with van der Waals surface area (Å²) in [5.41, 5.74) is 1.54. The van der Waals surface area contributed by atoms with E-state index in [0.29, 0.717) is 25.3 Å². The van der Waals surface area contributed by atoms with Gasteiger partial charge in [-0.2, -0.15) is 0 Å². The minimum absolute atomic E-state index is 0.00250. The number of pyridine rings is 1. The van der Waals surface area contributed by atoms with Gasteiger partial charge in [-0.1, -0.05) is 6.07 Å². The fraction of sp³-hybridized carbons (Fsp3) is 0.444. The highest BCUT2D eigenvalue weighted by molar-refractivity contribution is 5.95. The number of nitrogens with one attached hydrogen (secondary N) is 2. The standard InChI is InChI=1S/C18H23N5O3/c1-13-17(26-12-21-13)18(25)23-10-3-2-5-14-6-4-7-15(22-14)19-8-9-20-16(24)11-23/h4,6-7,12H,2-3,5,8-11H2,1H3,(H,19,22)(H,20,24). The first-order valence-corrected chi connectivity index (χ1v) is 8.79. The van der Waals surface area contributed by atoms with Crippen LogP contribution in [0, 0.1) is 6.92 Å². The molecule has 0 saturated carbocycles. The predicted octanol–water partition coefficient (Wildman–Crippen LogP) is 1.38. The molecule has 3 heterocycles. The molecule has 26 heavy (non-hydrogen) atoms. The van der Waals surface area contributed by atoms with Gasteiger partial charge in [-0.3, -0.25) is 9.59 Å². The summed E-state index contributed by atoms with van der Waals surface area (Å²) in [5.74, 6) is 0.498. The van der Waals surface area contributed by atoms with E-state index in [1.807, 2.05) is 18.2 Å². The first kappa shape index (κ1) is 17.9. The van der Waals surface area contributed by atoms with Crippen molar-refractivity contribution in [2.45, 2.75) is 26.2 Å². The van der Waals surface area contributed by atoms with Crippen molar-refractivity contribution in [1.29, 1.82) is 0 Å². The second-order valence-corrected chi connectivity index (χ2v) is 6.24. The Morgan fingerprint density at radius 1 is 1.23 bits per heavy atom. The molecule has 2 aromatic rings. The van der Waals surface area contributed by atoms with Crippen molar-refractivity contribution in [3.63, 3.8) is 0 Å². The van der Waals surface area contributed by atoms with Crippen LogP contribution in [0.4, 0.5) is 5.82 Å². The summed E-state index contributed by atoms with van der Waals surface area (Å²) in [4.78, 5) is 34.9. The third-order valence-corrected chi connectivity index (χ3v) is 4.23. The lowest BCUT2D eigenvalue weighted by Crippen LogP contribution is -2.42. The van der Waals surface area contributed by atoms with Gasteiger partial charge < -0.3 is 20.0 Å². The van der Waals surface area contributed by atoms with Crippen molar-refractivity contribution in [3.05, 3.63) is 41.7 Å². The Kier molecular flexibility index (Phi) is 5.83. The minimum atomic E-state index is -0.305. The van der Waals surface area contributed by atoms with Crippen LogP contribution in [0.1, 0.15) is 34.8 Å². The quantitative estimate of drug-likeness (QED) is 0.800. The monoisotopic (exact) mass is 357 g/mol. The molecule has 0 unspecified atom stereocenters. The zero-order valence-corrected chi connectivity index (χ0v) is 14.8. The van der Waals surface area contributed by atoms with Crippen molar-refractivity contribution in [1.82, 2.24) is 20.2 Å². The molecule has 0 atom stereocenters. The van der Waals surface area contributed by atoms with E-state index in [0.717, 1.165) is 30.8 Å². The number of hydrogen-bond donors (Lipinski definition) is 2. The Labute approximate surface area is 152 Å². The summed E-state index contributed by atoms with van der Waals surface area (Å²) in [6.07, 6.45) is 3.71. The third-order valence-electron chi connectivity index (χ3n) is 4.23. The van der Waals surface area contributed by atoms with Crippen LogP contribution in [0.25, 0.3) is 0 Å². The minimum Gasteiger partial charge on any atom is -0.438 e. The molecule has 8 heteroatoms. The smallest absolute Gasteiger partial charge is 0.292 e. The molecule has 0 saturated heterocycles. The van der Waals surface area contributed by atoms with Crippen LogP contribution >= 0.6 is 0 Å². The van der Waals surface area contributed by atoms with Crippen LogP contribution < -0.4 is 10.6 Å². The molecule has 2 bridgehead atoms. The lowest BCUT2D eigenvalue weighted by atomic mass is 10.1. The highest BCUT2D eigenvalue weighted by Gasteiger charge is 2.23. The van der Waals surface area contributed by atoms with Crippen LogP contribution in [0.2, 0.25) is 0 Å². The van der Waals surface area contributed by atoms with Gasteiger partial charge in [0.05, 0.1) is 12.2 Å². The first-order valence-electron chi connectivity index (χ1n) is 8.79. The number of aryl methyl sites for hydroxylation is 2. The van der Waals surface area contributed by atoms with Gasteiger partial charge in [0.2, 0.25) is 11.7 Å². The number of hydrogen-bond acceptors (Lipinski definition) is 6. The number of carbonyl (C=O) groups is 2. The molecule has 0 aliphatic carbocycles. The van der Waals surface area contributed by atoms with E-state index in [1.165, 1.54) is 11.3 Å². The van der Waals surface area contributed by atoms with Crippen molar-refractivity contribution >= 4 is 17.6 Å². The predicted molar refractivity (Wildman–Crippen MR) is 95.8 cm³/mol. The third kappa shape index (κ3) is 4.59. The summed E-state index contributed by atoms with van der Waals surface area (Å²) < 4.78 is 5.20. The number of rotatable bonds is 1. The van der Waals surface area contributed by atoms with Gasteiger partial charge >= 0.3 is 0 Å². The van der Waals surface area contributed by atoms with E-state index in [1.54, 1.807) is 6.92 Å². The molecule has 0 aromatic carbocycles. The molecule has 2 aromatic heterocycles. The normalized spacial score (nSPS) is 16.3. The lowest BCUT2D eigenvalue weighted by Gasteiger charge is -2.21. The number of nitrogens with zero attached hydrogens (tertiary/aromatic N) is 3. The molecular weight excluding hydrogens is 334 g/mol. The molecule has 2 amide bonds. The fourth-order valence-corrected chi connectivity index (χ4v) is 2.85. The Hall–Kier alpha value is -2.90. The summed E-state index contributed by atoms with van der Waals surface area (Å²) in [5, 5.41) is 6.01. The highest BCUT2D eigenvalue weighted by atomic mass is 16.3. The summed E-state index contributed by atoms with van der Waals surface area (Å²) >= 11 is 0. The van der Waals surface area contributed by atoms with Gasteiger partial charge in [-0.05, 0) is 38.3 Å². The average Bonchev–Trinajstić information content (AvgIpc) is 3.06. The van der Waals surface area contributed by atoms with Crippen molar-refractivity contribution < 1.29 is 14.0 Å². The zero-order chi connectivity index (χ0) is 18.4. The molecule has 138 valence electrons. The molecule has 0 fully saturated rings. The van der Waals surface area contributed by atoms with Crippen molar-refractivity contribution in [3.8, 4) is 0 Å². The van der Waals surface area contributed by atoms with E-state index in [9.17, 15) is 9.59 Å². The number of aromatic nitrogens is 2. The topological polar surface area (TPSA) is 100 Å². The van der Waals surface area contributed by atoms with E-state index in [4.69, 9.17) is 4.42 Å². The summed E-state index contributed by atoms with van der Waals surface area (Å²) in [7, 11) is 0. The summed E-state index contributed by atoms with van der Waals surface area (Å²) in [6.45, 7) is 3.21. The van der Waals surface area contributed by atoms with Crippen molar-refractivity contribution in [2.75, 3.05) is 31.5 Å². The molecule has 2 N–H and O–H groups in total. The molecule has 1 aliphatic rings. The number of oxazole rings is 1. The van der Waals surface area contributed by atoms with Crippen LogP contribution in [-0.4, -0.2) is 52.9 Å². The van der Waals surface area contributed by atoms with Gasteiger partial charge in [0.15, 0.2) is 6.39 Å². The molecule has 8 nitrogen and oxygen atoms in total. The SMILES string of the molecule is Cc1ncoc1C(=O)N1CCCCc2cccc(n2)NCCNC(=O)C1. The van der Waals surface area contributed by atoms with E-state index in [2.05, 4.69) is 20.6 Å². The van der Waals surface area contributed by atoms with Crippen LogP contribution in [0.5, 0.6) is 0 Å². The van der Waals surface area contributed by atoms with Crippen LogP contribution in [0.15, 0.2) is 29.0 Å². The van der Waals surface area contributed by atoms with Gasteiger partial charge in [-0.15, -0.1) is 0 Å². The van der Waals surface area contributed by atoms with Crippen LogP contribution in [-0.2, 0) is 11.2 Å². The molecule has 3 rings (SSSR count). The highest BCUT2D eigenvalue weighted by Crippen LogP contribution is 2.12. The Bertz CT molecular complexity index is 774. The number of anilines is 1. The maximum atomic E-state index is 12.7. The van der Waals surface area contributed by atoms with Crippen LogP contribution in [0.3, 0.4) is 0 Å². The number of carbonyl (C=O) groups excluding carboxylic acids is 2. The molecule has 0 radical (unpaired) electrons. The zero-order valence-electron chi connectivity index (χ0n) is 14.8. The van der Waals surface area contributed by atoms with E-state index < -0.39 is 0 Å². The number of fused-ring (bicyclic) bond motifs is 2. The first-order chi connectivity index (χ1) is 12.6. The second kappa shape index (κ2) is 8.46. The van der Waals surface area contributed by atoms with E-state index in [-0.39, 0.29) is 24.1 Å². The second-order valence-electron chi connectivity index (χ2n) is 6.24. The van der Waals surface area contributed by atoms with E-state index >= 15 is 0 Å². The Morgan fingerprint density at radius 2 is 2.08 bits per heavy atom. The molecule has 0 spiro atoms. The average molecular weight is 357 g/mol. The maximum Gasteiger partial charge on any atom is 0.292 e. The maximum absolute atomic E-state index is 12.7. The van der Waals surface area contributed by atoms with Crippen molar-refractivity contribution in [2.24, 2.45) is 0 Å². The largest absolute Gasteiger partial charge is 0.438 e. The van der Waals surface area contributed by atoms with Gasteiger partial charge in [0, 0.05) is 25.3 Å². The fourth-order valence-electron chi connectivity index (χ4n) is 2.85. The van der Waals surface area contributed by atoms with Gasteiger partial charge in [-0.25, -0.2) is 9.97 Å². The Morgan fingerprint density at radius 3 is 2.88 bits per heavy atom. The molecular formula is C18H23N5O3. The lowest BCUT2D eigenvalue weighted by molar-refractivity contribution is -0.121. The van der Waals surface area contributed by atoms with Gasteiger partial charge in [0.1, 0.15) is 5.82 Å².